The number of nitrogens with one attached hydrogen (secondary N) is 1. The molecule has 11 heteroatoms. The molecule has 0 bridgehead atoms. The lowest BCUT2D eigenvalue weighted by Gasteiger charge is -2.12. The van der Waals surface area contributed by atoms with E-state index in [1.165, 1.54) is 36.5 Å². The van der Waals surface area contributed by atoms with Crippen molar-refractivity contribution in [3.63, 3.8) is 0 Å². The van der Waals surface area contributed by atoms with Crippen molar-refractivity contribution in [1.82, 2.24) is 4.98 Å². The summed E-state index contributed by atoms with van der Waals surface area (Å²) in [5.41, 5.74) is -0.0601. The quantitative estimate of drug-likeness (QED) is 0.475. The predicted octanol–water partition coefficient (Wildman–Crippen LogP) is 4.13. The minimum absolute atomic E-state index is 0.0669. The van der Waals surface area contributed by atoms with Crippen LogP contribution in [0.5, 0.6) is 0 Å². The van der Waals surface area contributed by atoms with Gasteiger partial charge in [0.25, 0.3) is 0 Å². The molecule has 6 nitrogen and oxygen atoms in total. The van der Waals surface area contributed by atoms with E-state index in [0.717, 1.165) is 23.6 Å². The molecule has 2 aromatic carbocycles. The summed E-state index contributed by atoms with van der Waals surface area (Å²) in [5.74, 6) is -0.814. The van der Waals surface area contributed by atoms with Crippen LogP contribution in [0.2, 0.25) is 0 Å². The van der Waals surface area contributed by atoms with Crippen LogP contribution < -0.4 is 5.32 Å². The molecule has 0 unspecified atom stereocenters. The lowest BCUT2D eigenvalue weighted by atomic mass is 10.0. The minimum Gasteiger partial charge on any atom is -0.393 e. The average molecular weight is 480 g/mol. The Bertz CT molecular complexity index is 1350. The van der Waals surface area contributed by atoms with E-state index in [-0.39, 0.29) is 38.7 Å². The van der Waals surface area contributed by atoms with Crippen molar-refractivity contribution in [2.45, 2.75) is 17.2 Å². The van der Waals surface area contributed by atoms with Gasteiger partial charge < -0.3 is 15.5 Å². The average Bonchev–Trinajstić information content (AvgIpc) is 3.02. The highest BCUT2D eigenvalue weighted by atomic mass is 32.2. The summed E-state index contributed by atoms with van der Waals surface area (Å²) in [4.78, 5) is 3.82. The van der Waals surface area contributed by atoms with Crippen molar-refractivity contribution < 1.29 is 36.2 Å². The topological polar surface area (TPSA) is 99.5 Å². The van der Waals surface area contributed by atoms with Crippen LogP contribution in [0.25, 0.3) is 17.0 Å². The van der Waals surface area contributed by atoms with Gasteiger partial charge in [-0.1, -0.05) is 12.1 Å². The van der Waals surface area contributed by atoms with Crippen LogP contribution in [-0.4, -0.2) is 30.2 Å². The number of anilines is 1. The highest BCUT2D eigenvalue weighted by Gasteiger charge is 2.31. The number of benzene rings is 2. The minimum atomic E-state index is -4.49. The van der Waals surface area contributed by atoms with E-state index in [1.807, 2.05) is 0 Å². The molecule has 0 fully saturated rings. The number of alkyl halides is 3. The van der Waals surface area contributed by atoms with Crippen LogP contribution in [0.1, 0.15) is 22.8 Å². The van der Waals surface area contributed by atoms with E-state index >= 15 is 0 Å². The van der Waals surface area contributed by atoms with Gasteiger partial charge in [0.1, 0.15) is 17.6 Å². The number of aromatic nitrogens is 1. The van der Waals surface area contributed by atoms with Crippen molar-refractivity contribution >= 4 is 21.2 Å². The largest absolute Gasteiger partial charge is 0.416 e. The first-order valence-electron chi connectivity index (χ1n) is 9.50. The van der Waals surface area contributed by atoms with E-state index in [2.05, 4.69) is 10.3 Å². The SMILES string of the molecule is O=S1(=O)C=C(Nc2ccc(C(F)(F)F)cc2)c2ccc(-c3ncc([C@H](O)CO)cc3F)cc21. The number of pyridine rings is 1. The fourth-order valence-electron chi connectivity index (χ4n) is 3.36. The summed E-state index contributed by atoms with van der Waals surface area (Å²) in [6.07, 6.45) is -4.61. The van der Waals surface area contributed by atoms with Gasteiger partial charge in [-0.15, -0.1) is 0 Å². The Kier molecular flexibility index (Phi) is 5.72. The zero-order valence-electron chi connectivity index (χ0n) is 16.6. The van der Waals surface area contributed by atoms with E-state index < -0.39 is 40.1 Å². The first kappa shape index (κ1) is 22.9. The second kappa shape index (κ2) is 8.25. The maximum absolute atomic E-state index is 14.5. The molecule has 3 aromatic rings. The monoisotopic (exact) mass is 480 g/mol. The van der Waals surface area contributed by atoms with Crippen molar-refractivity contribution in [2.75, 3.05) is 11.9 Å². The number of fused-ring (bicyclic) bond motifs is 1. The standard InChI is InChI=1S/C22H16F4N2O4S/c23-17-7-13(19(30)10-29)9-27-21(17)12-1-6-16-18(11-33(31,32)20(16)8-12)28-15-4-2-14(3-5-15)22(24,25)26/h1-9,11,19,28-30H,10H2/t19-/m1/s1. The number of nitrogens with zero attached hydrogens (tertiary/aromatic N) is 1. The molecule has 0 saturated heterocycles. The summed E-state index contributed by atoms with van der Waals surface area (Å²) in [6.45, 7) is -0.613. The molecule has 1 atom stereocenters. The van der Waals surface area contributed by atoms with Crippen LogP contribution in [0, 0.1) is 5.82 Å². The summed E-state index contributed by atoms with van der Waals surface area (Å²) < 4.78 is 78.1. The number of halogens is 4. The molecule has 1 aromatic heterocycles. The van der Waals surface area contributed by atoms with E-state index in [1.54, 1.807) is 0 Å². The second-order valence-electron chi connectivity index (χ2n) is 7.29. The first-order valence-corrected chi connectivity index (χ1v) is 11.0. The highest BCUT2D eigenvalue weighted by molar-refractivity contribution is 7.95. The van der Waals surface area contributed by atoms with Gasteiger partial charge in [-0.25, -0.2) is 12.8 Å². The van der Waals surface area contributed by atoms with Gasteiger partial charge in [0, 0.05) is 28.6 Å². The van der Waals surface area contributed by atoms with Crippen LogP contribution >= 0.6 is 0 Å². The Morgan fingerprint density at radius 1 is 1.06 bits per heavy atom. The number of rotatable bonds is 5. The van der Waals surface area contributed by atoms with Gasteiger partial charge in [-0.3, -0.25) is 4.98 Å². The zero-order chi connectivity index (χ0) is 24.0. The van der Waals surface area contributed by atoms with Crippen molar-refractivity contribution in [3.05, 3.63) is 82.6 Å². The third-order valence-corrected chi connectivity index (χ3v) is 6.53. The molecule has 1 aliphatic rings. The molecular weight excluding hydrogens is 464 g/mol. The molecule has 33 heavy (non-hydrogen) atoms. The van der Waals surface area contributed by atoms with Gasteiger partial charge in [-0.05, 0) is 36.4 Å². The van der Waals surface area contributed by atoms with Gasteiger partial charge in [0.05, 0.1) is 28.2 Å². The van der Waals surface area contributed by atoms with Gasteiger partial charge in [0.15, 0.2) is 0 Å². The lowest BCUT2D eigenvalue weighted by molar-refractivity contribution is -0.137. The van der Waals surface area contributed by atoms with Crippen LogP contribution in [0.3, 0.4) is 0 Å². The summed E-state index contributed by atoms with van der Waals surface area (Å²) in [5, 5.41) is 22.3. The number of hydrogen-bond acceptors (Lipinski definition) is 6. The zero-order valence-corrected chi connectivity index (χ0v) is 17.5. The molecule has 172 valence electrons. The summed E-state index contributed by atoms with van der Waals surface area (Å²) in [7, 11) is -3.90. The van der Waals surface area contributed by atoms with Gasteiger partial charge >= 0.3 is 6.18 Å². The fourth-order valence-corrected chi connectivity index (χ4v) is 4.76. The van der Waals surface area contributed by atoms with E-state index in [9.17, 15) is 31.1 Å². The van der Waals surface area contributed by atoms with Crippen molar-refractivity contribution in [1.29, 1.82) is 0 Å². The van der Waals surface area contributed by atoms with Gasteiger partial charge in [-0.2, -0.15) is 13.2 Å². The number of hydrogen-bond donors (Lipinski definition) is 3. The Morgan fingerprint density at radius 2 is 1.76 bits per heavy atom. The van der Waals surface area contributed by atoms with Crippen LogP contribution in [0.4, 0.5) is 23.2 Å². The molecule has 0 spiro atoms. The molecule has 4 rings (SSSR count). The molecule has 2 heterocycles. The molecule has 0 aliphatic carbocycles. The van der Waals surface area contributed by atoms with E-state index in [4.69, 9.17) is 5.11 Å². The Balaban J connectivity index is 1.65. The third-order valence-electron chi connectivity index (χ3n) is 5.04. The molecule has 0 amide bonds. The van der Waals surface area contributed by atoms with Gasteiger partial charge in [0.2, 0.25) is 9.84 Å². The Labute approximate surface area is 185 Å². The molecule has 3 N–H and O–H groups in total. The maximum Gasteiger partial charge on any atom is 0.416 e. The van der Waals surface area contributed by atoms with Crippen LogP contribution in [-0.2, 0) is 16.0 Å². The molecular formula is C22H16F4N2O4S. The highest BCUT2D eigenvalue weighted by Crippen LogP contribution is 2.37. The summed E-state index contributed by atoms with van der Waals surface area (Å²) in [6, 6.07) is 9.27. The van der Waals surface area contributed by atoms with Crippen molar-refractivity contribution in [3.8, 4) is 11.3 Å². The summed E-state index contributed by atoms with van der Waals surface area (Å²) >= 11 is 0. The lowest BCUT2D eigenvalue weighted by Crippen LogP contribution is -2.05. The Hall–Kier alpha value is -3.28. The number of aliphatic hydroxyl groups is 2. The predicted molar refractivity (Wildman–Crippen MR) is 112 cm³/mol. The number of aliphatic hydroxyl groups excluding tert-OH is 2. The second-order valence-corrected chi connectivity index (χ2v) is 9.05. The molecule has 0 radical (unpaired) electrons. The van der Waals surface area contributed by atoms with Crippen molar-refractivity contribution in [2.24, 2.45) is 0 Å². The molecule has 1 aliphatic heterocycles. The normalized spacial score (nSPS) is 15.6. The first-order chi connectivity index (χ1) is 15.5. The Morgan fingerprint density at radius 3 is 2.36 bits per heavy atom. The smallest absolute Gasteiger partial charge is 0.393 e. The maximum atomic E-state index is 14.5. The number of sulfone groups is 1. The molecule has 0 saturated carbocycles. The van der Waals surface area contributed by atoms with Crippen LogP contribution in [0.15, 0.2) is 65.0 Å². The fraction of sp³-hybridized carbons (Fsp3) is 0.136. The third kappa shape index (κ3) is 4.47. The van der Waals surface area contributed by atoms with E-state index in [0.29, 0.717) is 0 Å².